The molecule has 3 aliphatic rings. The first-order valence-corrected chi connectivity index (χ1v) is 8.88. The summed E-state index contributed by atoms with van der Waals surface area (Å²) in [6, 6.07) is 0. The highest BCUT2D eigenvalue weighted by molar-refractivity contribution is 6.54. The average Bonchev–Trinajstić information content (AvgIpc) is 2.85. The van der Waals surface area contributed by atoms with E-state index in [0.29, 0.717) is 0 Å². The van der Waals surface area contributed by atoms with E-state index in [0.717, 1.165) is 25.9 Å². The molecule has 0 radical (unpaired) electrons. The molecule has 5 nitrogen and oxygen atoms in total. The minimum Gasteiger partial charge on any atom is -0.444 e. The lowest BCUT2D eigenvalue weighted by Gasteiger charge is -2.47. The van der Waals surface area contributed by atoms with Gasteiger partial charge in [0.2, 0.25) is 0 Å². The Morgan fingerprint density at radius 2 is 1.71 bits per heavy atom. The van der Waals surface area contributed by atoms with Gasteiger partial charge < -0.3 is 18.9 Å². The summed E-state index contributed by atoms with van der Waals surface area (Å²) in [7, 11) is -0.259. The van der Waals surface area contributed by atoms with Gasteiger partial charge in [0.15, 0.2) is 0 Å². The summed E-state index contributed by atoms with van der Waals surface area (Å²) in [5.41, 5.74) is 0.236. The predicted octanol–water partition coefficient (Wildman–Crippen LogP) is 3.58. The SMILES string of the molecule is CC(C)(C)OC(=O)N1CC2(C=C(B3OC(C)(C)C(C)(C)O3)CC2)C1. The van der Waals surface area contributed by atoms with Crippen molar-refractivity contribution in [3.05, 3.63) is 11.5 Å². The van der Waals surface area contributed by atoms with Crippen molar-refractivity contribution in [1.29, 1.82) is 0 Å². The maximum Gasteiger partial charge on any atom is 0.490 e. The van der Waals surface area contributed by atoms with Gasteiger partial charge >= 0.3 is 13.2 Å². The van der Waals surface area contributed by atoms with Crippen LogP contribution in [0.5, 0.6) is 0 Å². The third-order valence-electron chi connectivity index (χ3n) is 5.62. The van der Waals surface area contributed by atoms with Gasteiger partial charge in [0.1, 0.15) is 5.60 Å². The fourth-order valence-corrected chi connectivity index (χ4v) is 3.53. The van der Waals surface area contributed by atoms with E-state index in [2.05, 4.69) is 33.8 Å². The molecule has 134 valence electrons. The van der Waals surface area contributed by atoms with E-state index in [4.69, 9.17) is 14.0 Å². The Morgan fingerprint density at radius 1 is 1.17 bits per heavy atom. The number of nitrogens with zero attached hydrogens (tertiary/aromatic N) is 1. The monoisotopic (exact) mass is 335 g/mol. The molecule has 1 amide bonds. The van der Waals surface area contributed by atoms with Crippen molar-refractivity contribution < 1.29 is 18.8 Å². The van der Waals surface area contributed by atoms with Crippen molar-refractivity contribution in [1.82, 2.24) is 4.90 Å². The molecule has 3 rings (SSSR count). The van der Waals surface area contributed by atoms with Gasteiger partial charge in [0.05, 0.1) is 11.2 Å². The maximum absolute atomic E-state index is 12.1. The molecular weight excluding hydrogens is 305 g/mol. The Balaban J connectivity index is 1.61. The van der Waals surface area contributed by atoms with E-state index in [1.807, 2.05) is 20.8 Å². The number of rotatable bonds is 1. The Bertz CT molecular complexity index is 554. The molecule has 2 fully saturated rings. The van der Waals surface area contributed by atoms with Gasteiger partial charge in [-0.1, -0.05) is 6.08 Å². The third kappa shape index (κ3) is 3.10. The summed E-state index contributed by atoms with van der Waals surface area (Å²) in [5, 5.41) is 0. The van der Waals surface area contributed by atoms with Crippen LogP contribution in [0.3, 0.4) is 0 Å². The van der Waals surface area contributed by atoms with Gasteiger partial charge in [-0.05, 0) is 66.8 Å². The van der Waals surface area contributed by atoms with Gasteiger partial charge in [-0.2, -0.15) is 0 Å². The molecule has 2 saturated heterocycles. The number of carbonyl (C=O) groups excluding carboxylic acids is 1. The molecule has 0 unspecified atom stereocenters. The molecule has 0 atom stereocenters. The van der Waals surface area contributed by atoms with Crippen LogP contribution in [0.4, 0.5) is 4.79 Å². The number of carbonyl (C=O) groups is 1. The van der Waals surface area contributed by atoms with Crippen LogP contribution < -0.4 is 0 Å². The zero-order valence-electron chi connectivity index (χ0n) is 16.1. The quantitative estimate of drug-likeness (QED) is 0.687. The van der Waals surface area contributed by atoms with Crippen molar-refractivity contribution >= 4 is 13.2 Å². The number of hydrogen-bond acceptors (Lipinski definition) is 4. The number of hydrogen-bond donors (Lipinski definition) is 0. The molecule has 0 aromatic rings. The summed E-state index contributed by atoms with van der Waals surface area (Å²) in [4.78, 5) is 13.9. The van der Waals surface area contributed by atoms with Gasteiger partial charge in [-0.15, -0.1) is 0 Å². The number of allylic oxidation sites excluding steroid dienone is 1. The van der Waals surface area contributed by atoms with Crippen LogP contribution >= 0.6 is 0 Å². The van der Waals surface area contributed by atoms with Crippen LogP contribution in [0, 0.1) is 5.41 Å². The van der Waals surface area contributed by atoms with E-state index in [9.17, 15) is 4.79 Å². The van der Waals surface area contributed by atoms with Gasteiger partial charge in [-0.3, -0.25) is 0 Å². The highest BCUT2D eigenvalue weighted by atomic mass is 16.7. The molecule has 2 aliphatic heterocycles. The molecule has 1 spiro atoms. The first kappa shape index (κ1) is 17.8. The van der Waals surface area contributed by atoms with E-state index < -0.39 is 5.60 Å². The Kier molecular flexibility index (Phi) is 3.89. The van der Waals surface area contributed by atoms with Crippen molar-refractivity contribution in [2.75, 3.05) is 13.1 Å². The topological polar surface area (TPSA) is 48.0 Å². The highest BCUT2D eigenvalue weighted by Crippen LogP contribution is 2.47. The van der Waals surface area contributed by atoms with Gasteiger partial charge in [0.25, 0.3) is 0 Å². The largest absolute Gasteiger partial charge is 0.490 e. The summed E-state index contributed by atoms with van der Waals surface area (Å²) in [5.74, 6) is 0. The molecule has 0 aromatic heterocycles. The van der Waals surface area contributed by atoms with Crippen molar-refractivity contribution in [3.8, 4) is 0 Å². The zero-order chi connectivity index (χ0) is 18.0. The lowest BCUT2D eigenvalue weighted by molar-refractivity contribution is -0.0183. The molecular formula is C18H30BNO4. The van der Waals surface area contributed by atoms with E-state index in [1.165, 1.54) is 5.47 Å². The minimum absolute atomic E-state index is 0.0792. The van der Waals surface area contributed by atoms with Crippen molar-refractivity contribution in [2.45, 2.75) is 78.1 Å². The molecule has 24 heavy (non-hydrogen) atoms. The second-order valence-corrected chi connectivity index (χ2v) is 9.51. The van der Waals surface area contributed by atoms with Crippen molar-refractivity contribution in [2.24, 2.45) is 5.41 Å². The summed E-state index contributed by atoms with van der Waals surface area (Å²) in [6.07, 6.45) is 4.09. The predicted molar refractivity (Wildman–Crippen MR) is 93.6 cm³/mol. The summed E-state index contributed by atoms with van der Waals surface area (Å²) in [6.45, 7) is 15.4. The number of ether oxygens (including phenoxy) is 1. The second-order valence-electron chi connectivity index (χ2n) is 9.51. The van der Waals surface area contributed by atoms with Crippen LogP contribution in [-0.2, 0) is 14.0 Å². The molecule has 0 bridgehead atoms. The lowest BCUT2D eigenvalue weighted by Crippen LogP contribution is -2.57. The normalized spacial score (nSPS) is 27.2. The second kappa shape index (κ2) is 5.24. The first-order chi connectivity index (χ1) is 10.8. The Labute approximate surface area is 145 Å². The van der Waals surface area contributed by atoms with Crippen molar-refractivity contribution in [3.63, 3.8) is 0 Å². The minimum atomic E-state index is -0.445. The van der Waals surface area contributed by atoms with E-state index >= 15 is 0 Å². The van der Waals surface area contributed by atoms with Crippen LogP contribution in [-0.4, -0.2) is 48.0 Å². The number of amides is 1. The lowest BCUT2D eigenvalue weighted by atomic mass is 9.76. The van der Waals surface area contributed by atoms with Gasteiger partial charge in [-0.25, -0.2) is 4.79 Å². The smallest absolute Gasteiger partial charge is 0.444 e. The Morgan fingerprint density at radius 3 is 2.21 bits per heavy atom. The third-order valence-corrected chi connectivity index (χ3v) is 5.62. The molecule has 0 aromatic carbocycles. The van der Waals surface area contributed by atoms with E-state index in [1.54, 1.807) is 4.90 Å². The van der Waals surface area contributed by atoms with Crippen LogP contribution in [0.2, 0.25) is 0 Å². The molecule has 0 N–H and O–H groups in total. The average molecular weight is 335 g/mol. The van der Waals surface area contributed by atoms with Gasteiger partial charge in [0, 0.05) is 18.5 Å². The van der Waals surface area contributed by atoms with E-state index in [-0.39, 0.29) is 29.8 Å². The van der Waals surface area contributed by atoms with Crippen LogP contribution in [0.25, 0.3) is 0 Å². The summed E-state index contributed by atoms with van der Waals surface area (Å²) >= 11 is 0. The van der Waals surface area contributed by atoms with Crippen LogP contribution in [0.15, 0.2) is 11.5 Å². The summed E-state index contributed by atoms with van der Waals surface area (Å²) < 4.78 is 17.8. The highest BCUT2D eigenvalue weighted by Gasteiger charge is 2.55. The first-order valence-electron chi connectivity index (χ1n) is 8.88. The fourth-order valence-electron chi connectivity index (χ4n) is 3.53. The fraction of sp³-hybridized carbons (Fsp3) is 0.833. The standard InChI is InChI=1S/C18H30BNO4/c1-15(2,3)22-14(21)20-11-18(12-20)9-8-13(10-18)19-23-16(4,5)17(6,7)24-19/h10H,8-9,11-12H2,1-7H3. The Hall–Kier alpha value is -1.01. The maximum atomic E-state index is 12.1. The van der Waals surface area contributed by atoms with Crippen LogP contribution in [0.1, 0.15) is 61.3 Å². The number of likely N-dealkylation sites (tertiary alicyclic amines) is 1. The zero-order valence-corrected chi connectivity index (χ0v) is 16.1. The molecule has 2 heterocycles. The molecule has 6 heteroatoms. The molecule has 1 aliphatic carbocycles. The molecule has 0 saturated carbocycles.